The Morgan fingerprint density at radius 1 is 1.05 bits per heavy atom. The van der Waals surface area contributed by atoms with E-state index in [2.05, 4.69) is 15.4 Å². The maximum absolute atomic E-state index is 12.0. The molecule has 0 aliphatic heterocycles. The molecule has 0 aromatic heterocycles. The number of aryl methyl sites for hydroxylation is 2. The van der Waals surface area contributed by atoms with Crippen LogP contribution in [0.4, 0.5) is 25.0 Å². The molecule has 6 heteroatoms. The zero-order chi connectivity index (χ0) is 16.1. The molecule has 0 saturated carbocycles. The van der Waals surface area contributed by atoms with Crippen molar-refractivity contribution in [3.8, 4) is 5.75 Å². The number of carbonyl (C=O) groups is 1. The fourth-order valence-corrected chi connectivity index (χ4v) is 1.87. The molecular formula is C16H16F2N2O2. The van der Waals surface area contributed by atoms with Crippen molar-refractivity contribution in [3.05, 3.63) is 53.6 Å². The molecule has 0 aliphatic rings. The van der Waals surface area contributed by atoms with Gasteiger partial charge in [0, 0.05) is 11.4 Å². The molecule has 0 saturated heterocycles. The molecule has 0 aliphatic carbocycles. The third-order valence-corrected chi connectivity index (χ3v) is 2.98. The summed E-state index contributed by atoms with van der Waals surface area (Å²) in [5.74, 6) is 0.0375. The minimum absolute atomic E-state index is 0.0375. The summed E-state index contributed by atoms with van der Waals surface area (Å²) in [6.07, 6.45) is 0. The number of urea groups is 1. The van der Waals surface area contributed by atoms with Crippen LogP contribution in [0.25, 0.3) is 0 Å². The molecule has 0 fully saturated rings. The van der Waals surface area contributed by atoms with E-state index in [1.165, 1.54) is 24.3 Å². The third kappa shape index (κ3) is 4.44. The topological polar surface area (TPSA) is 50.4 Å². The van der Waals surface area contributed by atoms with Gasteiger partial charge in [-0.1, -0.05) is 12.1 Å². The summed E-state index contributed by atoms with van der Waals surface area (Å²) in [5, 5.41) is 5.37. The molecule has 22 heavy (non-hydrogen) atoms. The molecule has 2 aromatic rings. The van der Waals surface area contributed by atoms with Crippen molar-refractivity contribution in [2.75, 3.05) is 10.6 Å². The second-order valence-corrected chi connectivity index (χ2v) is 4.80. The molecule has 0 bridgehead atoms. The second-order valence-electron chi connectivity index (χ2n) is 4.80. The number of amides is 2. The van der Waals surface area contributed by atoms with Crippen molar-refractivity contribution >= 4 is 17.4 Å². The van der Waals surface area contributed by atoms with Crippen molar-refractivity contribution in [3.63, 3.8) is 0 Å². The highest BCUT2D eigenvalue weighted by atomic mass is 19.3. The van der Waals surface area contributed by atoms with E-state index in [1.54, 1.807) is 0 Å². The van der Waals surface area contributed by atoms with E-state index in [9.17, 15) is 13.6 Å². The van der Waals surface area contributed by atoms with Gasteiger partial charge in [0.05, 0.1) is 0 Å². The van der Waals surface area contributed by atoms with Crippen LogP contribution in [0.2, 0.25) is 0 Å². The Bertz CT molecular complexity index is 658. The van der Waals surface area contributed by atoms with Crippen LogP contribution < -0.4 is 15.4 Å². The maximum atomic E-state index is 12.0. The van der Waals surface area contributed by atoms with Crippen LogP contribution in [0.15, 0.2) is 42.5 Å². The molecule has 2 amide bonds. The number of nitrogens with one attached hydrogen (secondary N) is 2. The van der Waals surface area contributed by atoms with E-state index in [0.29, 0.717) is 5.69 Å². The first kappa shape index (κ1) is 15.8. The SMILES string of the molecule is Cc1ccc(C)c(NC(=O)Nc2ccc(OC(F)F)cc2)c1. The number of benzene rings is 2. The standard InChI is InChI=1S/C16H16F2N2O2/c1-10-3-4-11(2)14(9-10)20-16(21)19-12-5-7-13(8-6-12)22-15(17)18/h3-9,15H,1-2H3,(H2,19,20,21). The molecule has 4 nitrogen and oxygen atoms in total. The molecule has 2 rings (SSSR count). The van der Waals surface area contributed by atoms with Crippen molar-refractivity contribution in [1.29, 1.82) is 0 Å². The monoisotopic (exact) mass is 306 g/mol. The first-order chi connectivity index (χ1) is 10.4. The van der Waals surface area contributed by atoms with Crippen molar-refractivity contribution in [1.82, 2.24) is 0 Å². The lowest BCUT2D eigenvalue weighted by Crippen LogP contribution is -2.20. The molecule has 2 aromatic carbocycles. The van der Waals surface area contributed by atoms with Crippen LogP contribution >= 0.6 is 0 Å². The zero-order valence-electron chi connectivity index (χ0n) is 12.2. The van der Waals surface area contributed by atoms with E-state index in [1.807, 2.05) is 32.0 Å². The van der Waals surface area contributed by atoms with Crippen LogP contribution in [0.3, 0.4) is 0 Å². The van der Waals surface area contributed by atoms with Gasteiger partial charge in [0.15, 0.2) is 0 Å². The summed E-state index contributed by atoms with van der Waals surface area (Å²) in [5.41, 5.74) is 3.18. The smallest absolute Gasteiger partial charge is 0.387 e. The van der Waals surface area contributed by atoms with Crippen LogP contribution in [0.5, 0.6) is 5.75 Å². The number of anilines is 2. The van der Waals surface area contributed by atoms with Crippen molar-refractivity contribution in [2.45, 2.75) is 20.5 Å². The summed E-state index contributed by atoms with van der Waals surface area (Å²) in [6.45, 7) is 0.960. The van der Waals surface area contributed by atoms with Gasteiger partial charge in [0.25, 0.3) is 0 Å². The van der Waals surface area contributed by atoms with Gasteiger partial charge in [-0.05, 0) is 55.3 Å². The van der Waals surface area contributed by atoms with Crippen molar-refractivity contribution < 1.29 is 18.3 Å². The third-order valence-electron chi connectivity index (χ3n) is 2.98. The number of alkyl halides is 2. The molecule has 0 spiro atoms. The number of hydrogen-bond acceptors (Lipinski definition) is 2. The van der Waals surface area contributed by atoms with Gasteiger partial charge in [-0.3, -0.25) is 0 Å². The summed E-state index contributed by atoms with van der Waals surface area (Å²) >= 11 is 0. The molecule has 116 valence electrons. The van der Waals surface area contributed by atoms with E-state index < -0.39 is 12.6 Å². The fourth-order valence-electron chi connectivity index (χ4n) is 1.87. The van der Waals surface area contributed by atoms with Gasteiger partial charge >= 0.3 is 12.6 Å². The molecule has 0 heterocycles. The minimum Gasteiger partial charge on any atom is -0.435 e. The summed E-state index contributed by atoms with van der Waals surface area (Å²) in [4.78, 5) is 11.9. The maximum Gasteiger partial charge on any atom is 0.387 e. The molecule has 2 N–H and O–H groups in total. The van der Waals surface area contributed by atoms with Gasteiger partial charge in [-0.2, -0.15) is 8.78 Å². The Balaban J connectivity index is 1.98. The Kier molecular flexibility index (Phi) is 4.93. The van der Waals surface area contributed by atoms with Crippen molar-refractivity contribution in [2.24, 2.45) is 0 Å². The number of hydrogen-bond donors (Lipinski definition) is 2. The van der Waals surface area contributed by atoms with E-state index in [4.69, 9.17) is 0 Å². The molecule has 0 unspecified atom stereocenters. The average molecular weight is 306 g/mol. The Morgan fingerprint density at radius 3 is 2.36 bits per heavy atom. The highest BCUT2D eigenvalue weighted by Crippen LogP contribution is 2.19. The number of halogens is 2. The van der Waals surface area contributed by atoms with Crippen LogP contribution in [0.1, 0.15) is 11.1 Å². The summed E-state index contributed by atoms with van der Waals surface area (Å²) < 4.78 is 28.3. The quantitative estimate of drug-likeness (QED) is 0.870. The predicted molar refractivity (Wildman–Crippen MR) is 81.6 cm³/mol. The molecule has 0 radical (unpaired) electrons. The Morgan fingerprint density at radius 2 is 1.73 bits per heavy atom. The van der Waals surface area contributed by atoms with Gasteiger partial charge in [0.2, 0.25) is 0 Å². The minimum atomic E-state index is -2.87. The van der Waals surface area contributed by atoms with Crippen LogP contribution in [0, 0.1) is 13.8 Å². The van der Waals surface area contributed by atoms with E-state index >= 15 is 0 Å². The van der Waals surface area contributed by atoms with Gasteiger partial charge < -0.3 is 15.4 Å². The highest BCUT2D eigenvalue weighted by Gasteiger charge is 2.07. The lowest BCUT2D eigenvalue weighted by molar-refractivity contribution is -0.0498. The number of carbonyl (C=O) groups excluding carboxylic acids is 1. The first-order valence-corrected chi connectivity index (χ1v) is 6.64. The summed E-state index contributed by atoms with van der Waals surface area (Å²) in [6, 6.07) is 11.0. The lowest BCUT2D eigenvalue weighted by atomic mass is 10.1. The normalized spacial score (nSPS) is 10.4. The highest BCUT2D eigenvalue weighted by molar-refractivity contribution is 6.00. The predicted octanol–water partition coefficient (Wildman–Crippen LogP) is 4.55. The zero-order valence-corrected chi connectivity index (χ0v) is 12.2. The van der Waals surface area contributed by atoms with E-state index in [-0.39, 0.29) is 5.75 Å². The number of rotatable bonds is 4. The Hall–Kier alpha value is -2.63. The van der Waals surface area contributed by atoms with Gasteiger partial charge in [0.1, 0.15) is 5.75 Å². The largest absolute Gasteiger partial charge is 0.435 e. The summed E-state index contributed by atoms with van der Waals surface area (Å²) in [7, 11) is 0. The Labute approximate surface area is 127 Å². The molecule has 0 atom stereocenters. The van der Waals surface area contributed by atoms with E-state index in [0.717, 1.165) is 16.8 Å². The van der Waals surface area contributed by atoms with Gasteiger partial charge in [-0.25, -0.2) is 4.79 Å². The fraction of sp³-hybridized carbons (Fsp3) is 0.188. The van der Waals surface area contributed by atoms with Crippen LogP contribution in [-0.2, 0) is 0 Å². The molecular weight excluding hydrogens is 290 g/mol. The second kappa shape index (κ2) is 6.89. The van der Waals surface area contributed by atoms with Gasteiger partial charge in [-0.15, -0.1) is 0 Å². The van der Waals surface area contributed by atoms with Crippen LogP contribution in [-0.4, -0.2) is 12.6 Å². The first-order valence-electron chi connectivity index (χ1n) is 6.64. The number of ether oxygens (including phenoxy) is 1. The average Bonchev–Trinajstić information content (AvgIpc) is 2.44. The lowest BCUT2D eigenvalue weighted by Gasteiger charge is -2.11.